The molecule has 0 spiro atoms. The molecule has 1 aliphatic heterocycles. The molecule has 3 heteroatoms. The number of hydrogen-bond donors (Lipinski definition) is 1. The van der Waals surface area contributed by atoms with Crippen LogP contribution in [0.5, 0.6) is 0 Å². The third kappa shape index (κ3) is 2.56. The summed E-state index contributed by atoms with van der Waals surface area (Å²) in [7, 11) is 0. The summed E-state index contributed by atoms with van der Waals surface area (Å²) in [5.74, 6) is 0.110. The molecule has 2 N–H and O–H groups in total. The Kier molecular flexibility index (Phi) is 3.44. The number of rotatable bonds is 2. The molecule has 0 amide bonds. The quantitative estimate of drug-likeness (QED) is 0.815. The van der Waals surface area contributed by atoms with Gasteiger partial charge in [-0.3, -0.25) is 4.79 Å². The van der Waals surface area contributed by atoms with Gasteiger partial charge in [0.15, 0.2) is 5.78 Å². The molecule has 1 aromatic rings. The maximum atomic E-state index is 11.4. The molecule has 1 aromatic carbocycles. The zero-order chi connectivity index (χ0) is 13.3. The Bertz CT molecular complexity index is 454. The van der Waals surface area contributed by atoms with Gasteiger partial charge in [0.2, 0.25) is 0 Å². The van der Waals surface area contributed by atoms with Crippen LogP contribution in [0.3, 0.4) is 0 Å². The first kappa shape index (κ1) is 13.1. The van der Waals surface area contributed by atoms with Crippen LogP contribution in [-0.2, 0) is 0 Å². The van der Waals surface area contributed by atoms with E-state index in [4.69, 9.17) is 5.73 Å². The number of anilines is 1. The van der Waals surface area contributed by atoms with Crippen molar-refractivity contribution in [2.75, 3.05) is 18.0 Å². The van der Waals surface area contributed by atoms with Crippen molar-refractivity contribution >= 4 is 11.5 Å². The van der Waals surface area contributed by atoms with Crippen molar-refractivity contribution in [3.05, 3.63) is 29.8 Å². The molecule has 98 valence electrons. The van der Waals surface area contributed by atoms with E-state index in [0.29, 0.717) is 0 Å². The van der Waals surface area contributed by atoms with Gasteiger partial charge in [-0.25, -0.2) is 0 Å². The SMILES string of the molecule is CC(=O)c1cccc(N2CCC(C)(C)C(N)C2)c1. The van der Waals surface area contributed by atoms with Gasteiger partial charge in [-0.1, -0.05) is 26.0 Å². The Balaban J connectivity index is 2.18. The molecule has 0 bridgehead atoms. The summed E-state index contributed by atoms with van der Waals surface area (Å²) in [6, 6.07) is 7.99. The molecule has 1 saturated heterocycles. The summed E-state index contributed by atoms with van der Waals surface area (Å²) in [6.45, 7) is 7.91. The van der Waals surface area contributed by atoms with Gasteiger partial charge in [0.05, 0.1) is 0 Å². The lowest BCUT2D eigenvalue weighted by molar-refractivity contribution is 0.101. The number of nitrogens with two attached hydrogens (primary N) is 1. The lowest BCUT2D eigenvalue weighted by atomic mass is 9.78. The number of carbonyl (C=O) groups excluding carboxylic acids is 1. The molecule has 1 fully saturated rings. The van der Waals surface area contributed by atoms with Crippen molar-refractivity contribution in [2.24, 2.45) is 11.1 Å². The first-order valence-corrected chi connectivity index (χ1v) is 6.52. The van der Waals surface area contributed by atoms with Crippen LogP contribution in [0.1, 0.15) is 37.6 Å². The van der Waals surface area contributed by atoms with E-state index >= 15 is 0 Å². The summed E-state index contributed by atoms with van der Waals surface area (Å²) in [5.41, 5.74) is 8.31. The van der Waals surface area contributed by atoms with Gasteiger partial charge in [0, 0.05) is 30.4 Å². The van der Waals surface area contributed by atoms with E-state index in [1.165, 1.54) is 0 Å². The minimum atomic E-state index is 0.110. The average molecular weight is 246 g/mol. The van der Waals surface area contributed by atoms with Crippen molar-refractivity contribution in [2.45, 2.75) is 33.2 Å². The Labute approximate surface area is 109 Å². The van der Waals surface area contributed by atoms with Crippen LogP contribution in [0, 0.1) is 5.41 Å². The number of nitrogens with zero attached hydrogens (tertiary/aromatic N) is 1. The van der Waals surface area contributed by atoms with Crippen LogP contribution in [0.15, 0.2) is 24.3 Å². The number of benzene rings is 1. The zero-order valence-corrected chi connectivity index (χ0v) is 11.4. The second kappa shape index (κ2) is 4.73. The average Bonchev–Trinajstić information content (AvgIpc) is 2.33. The van der Waals surface area contributed by atoms with Gasteiger partial charge in [0.1, 0.15) is 0 Å². The van der Waals surface area contributed by atoms with Crippen molar-refractivity contribution in [3.63, 3.8) is 0 Å². The zero-order valence-electron chi connectivity index (χ0n) is 11.4. The summed E-state index contributed by atoms with van der Waals surface area (Å²) in [4.78, 5) is 13.7. The lowest BCUT2D eigenvalue weighted by Crippen LogP contribution is -2.52. The summed E-state index contributed by atoms with van der Waals surface area (Å²) in [6.07, 6.45) is 1.08. The molecule has 0 radical (unpaired) electrons. The van der Waals surface area contributed by atoms with Crippen LogP contribution in [-0.4, -0.2) is 24.9 Å². The fraction of sp³-hybridized carbons (Fsp3) is 0.533. The summed E-state index contributed by atoms with van der Waals surface area (Å²) in [5, 5.41) is 0. The van der Waals surface area contributed by atoms with E-state index in [2.05, 4.69) is 24.8 Å². The monoisotopic (exact) mass is 246 g/mol. The molecular weight excluding hydrogens is 224 g/mol. The largest absolute Gasteiger partial charge is 0.370 e. The third-order valence-electron chi connectivity index (χ3n) is 4.06. The van der Waals surface area contributed by atoms with E-state index in [9.17, 15) is 4.79 Å². The van der Waals surface area contributed by atoms with Crippen molar-refractivity contribution < 1.29 is 4.79 Å². The second-order valence-corrected chi connectivity index (χ2v) is 5.90. The molecule has 1 atom stereocenters. The molecule has 3 nitrogen and oxygen atoms in total. The summed E-state index contributed by atoms with van der Waals surface area (Å²) >= 11 is 0. The topological polar surface area (TPSA) is 46.3 Å². The molecule has 0 aromatic heterocycles. The number of hydrogen-bond acceptors (Lipinski definition) is 3. The van der Waals surface area contributed by atoms with Gasteiger partial charge in [-0.2, -0.15) is 0 Å². The fourth-order valence-electron chi connectivity index (χ4n) is 2.34. The van der Waals surface area contributed by atoms with Crippen molar-refractivity contribution in [1.29, 1.82) is 0 Å². The molecular formula is C15H22N2O. The Morgan fingerprint density at radius 3 is 2.78 bits per heavy atom. The normalized spacial score (nSPS) is 22.9. The molecule has 2 rings (SSSR count). The van der Waals surface area contributed by atoms with E-state index in [1.54, 1.807) is 6.92 Å². The predicted molar refractivity (Wildman–Crippen MR) is 75.0 cm³/mol. The van der Waals surface area contributed by atoms with Crippen LogP contribution in [0.4, 0.5) is 5.69 Å². The maximum Gasteiger partial charge on any atom is 0.159 e. The van der Waals surface area contributed by atoms with E-state index in [-0.39, 0.29) is 17.2 Å². The van der Waals surface area contributed by atoms with Gasteiger partial charge in [-0.05, 0) is 30.9 Å². The van der Waals surface area contributed by atoms with E-state index < -0.39 is 0 Å². The van der Waals surface area contributed by atoms with Crippen LogP contribution in [0.25, 0.3) is 0 Å². The van der Waals surface area contributed by atoms with Crippen molar-refractivity contribution in [3.8, 4) is 0 Å². The maximum absolute atomic E-state index is 11.4. The van der Waals surface area contributed by atoms with Gasteiger partial charge in [-0.15, -0.1) is 0 Å². The van der Waals surface area contributed by atoms with Crippen LogP contribution >= 0.6 is 0 Å². The van der Waals surface area contributed by atoms with E-state index in [1.807, 2.05) is 18.2 Å². The number of carbonyl (C=O) groups is 1. The smallest absolute Gasteiger partial charge is 0.159 e. The number of ketones is 1. The van der Waals surface area contributed by atoms with Gasteiger partial charge in [0.25, 0.3) is 0 Å². The highest BCUT2D eigenvalue weighted by Gasteiger charge is 2.33. The molecule has 18 heavy (non-hydrogen) atoms. The van der Waals surface area contributed by atoms with Crippen LogP contribution in [0.2, 0.25) is 0 Å². The highest BCUT2D eigenvalue weighted by atomic mass is 16.1. The molecule has 0 saturated carbocycles. The van der Waals surface area contributed by atoms with Gasteiger partial charge < -0.3 is 10.6 Å². The highest BCUT2D eigenvalue weighted by molar-refractivity contribution is 5.94. The third-order valence-corrected chi connectivity index (χ3v) is 4.06. The van der Waals surface area contributed by atoms with E-state index in [0.717, 1.165) is 30.8 Å². The lowest BCUT2D eigenvalue weighted by Gasteiger charge is -2.43. The fourth-order valence-corrected chi connectivity index (χ4v) is 2.34. The molecule has 1 heterocycles. The minimum Gasteiger partial charge on any atom is -0.370 e. The predicted octanol–water partition coefficient (Wildman–Crippen LogP) is 2.45. The Hall–Kier alpha value is -1.35. The molecule has 1 unspecified atom stereocenters. The highest BCUT2D eigenvalue weighted by Crippen LogP contribution is 2.31. The Morgan fingerprint density at radius 1 is 1.44 bits per heavy atom. The number of piperidine rings is 1. The molecule has 1 aliphatic rings. The first-order valence-electron chi connectivity index (χ1n) is 6.52. The summed E-state index contributed by atoms with van der Waals surface area (Å²) < 4.78 is 0. The first-order chi connectivity index (χ1) is 8.40. The molecule has 0 aliphatic carbocycles. The second-order valence-electron chi connectivity index (χ2n) is 5.90. The van der Waals surface area contributed by atoms with Gasteiger partial charge >= 0.3 is 0 Å². The Morgan fingerprint density at radius 2 is 2.17 bits per heavy atom. The van der Waals surface area contributed by atoms with Crippen LogP contribution < -0.4 is 10.6 Å². The van der Waals surface area contributed by atoms with Crippen molar-refractivity contribution in [1.82, 2.24) is 0 Å². The standard InChI is InChI=1S/C15H22N2O/c1-11(18)12-5-4-6-13(9-12)17-8-7-15(2,3)14(16)10-17/h4-6,9,14H,7-8,10,16H2,1-3H3. The number of Topliss-reactive ketones (excluding diaryl/α,β-unsaturated/α-hetero) is 1. The minimum absolute atomic E-state index is 0.110.